The average molecular weight is 199 g/mol. The van der Waals surface area contributed by atoms with Crippen LogP contribution in [0.15, 0.2) is 0 Å². The van der Waals surface area contributed by atoms with Gasteiger partial charge in [0.1, 0.15) is 0 Å². The third kappa shape index (κ3) is 3.84. The molecule has 0 aromatic carbocycles. The topological polar surface area (TPSA) is 0 Å². The van der Waals surface area contributed by atoms with Crippen molar-refractivity contribution in [1.29, 1.82) is 0 Å². The summed E-state index contributed by atoms with van der Waals surface area (Å²) in [6.45, 7) is 16.9. The van der Waals surface area contributed by atoms with Gasteiger partial charge in [-0.2, -0.15) is 0 Å². The van der Waals surface area contributed by atoms with Crippen LogP contribution >= 0.6 is 0 Å². The molecule has 0 heterocycles. The highest BCUT2D eigenvalue weighted by Crippen LogP contribution is 2.43. The van der Waals surface area contributed by atoms with Crippen LogP contribution in [-0.2, 0) is 0 Å². The second kappa shape index (κ2) is 5.19. The van der Waals surface area contributed by atoms with Gasteiger partial charge in [0.05, 0.1) is 8.80 Å². The van der Waals surface area contributed by atoms with Crippen LogP contribution < -0.4 is 0 Å². The van der Waals surface area contributed by atoms with E-state index in [0.717, 1.165) is 11.1 Å². The van der Waals surface area contributed by atoms with E-state index in [1.54, 1.807) is 0 Å². The molecular formula is C12H27Si. The van der Waals surface area contributed by atoms with Gasteiger partial charge in [-0.3, -0.25) is 0 Å². The van der Waals surface area contributed by atoms with Crippen LogP contribution in [0.25, 0.3) is 0 Å². The molecule has 0 aromatic rings. The van der Waals surface area contributed by atoms with Gasteiger partial charge >= 0.3 is 0 Å². The smallest absolute Gasteiger partial charge is 0.0595 e. The normalized spacial score (nSPS) is 13.4. The second-order valence-electron chi connectivity index (χ2n) is 5.40. The molecule has 13 heavy (non-hydrogen) atoms. The Labute approximate surface area is 86.7 Å². The molecule has 0 saturated carbocycles. The van der Waals surface area contributed by atoms with Gasteiger partial charge in [0.2, 0.25) is 0 Å². The van der Waals surface area contributed by atoms with Crippen molar-refractivity contribution in [2.24, 2.45) is 0 Å². The Bertz CT molecular complexity index is 128. The van der Waals surface area contributed by atoms with Crippen LogP contribution in [0.4, 0.5) is 0 Å². The molecule has 0 N–H and O–H groups in total. The number of hydrogen-bond acceptors (Lipinski definition) is 0. The molecule has 0 aliphatic heterocycles. The van der Waals surface area contributed by atoms with Crippen molar-refractivity contribution in [3.8, 4) is 0 Å². The van der Waals surface area contributed by atoms with E-state index in [4.69, 9.17) is 0 Å². The van der Waals surface area contributed by atoms with E-state index in [9.17, 15) is 0 Å². The Balaban J connectivity index is 4.52. The Morgan fingerprint density at radius 1 is 1.00 bits per heavy atom. The van der Waals surface area contributed by atoms with Crippen molar-refractivity contribution in [2.75, 3.05) is 0 Å². The minimum absolute atomic E-state index is 0.217. The van der Waals surface area contributed by atoms with Crippen LogP contribution in [0.2, 0.25) is 16.1 Å². The molecule has 0 nitrogen and oxygen atoms in total. The second-order valence-corrected chi connectivity index (χ2v) is 9.97. The standard InChI is InChI=1S/C12H27Si/c1-8-9-12(6,7)13(10(2)3)11(4)5/h10-11H,8-9H2,1-7H3. The molecule has 0 atom stereocenters. The fourth-order valence-corrected chi connectivity index (χ4v) is 8.00. The summed E-state index contributed by atoms with van der Waals surface area (Å²) >= 11 is 0. The van der Waals surface area contributed by atoms with Crippen molar-refractivity contribution < 1.29 is 0 Å². The third-order valence-corrected chi connectivity index (χ3v) is 7.20. The molecule has 0 saturated heterocycles. The monoisotopic (exact) mass is 199 g/mol. The largest absolute Gasteiger partial charge is 0.0654 e. The maximum atomic E-state index is 2.48. The summed E-state index contributed by atoms with van der Waals surface area (Å²) in [5.74, 6) is 0. The van der Waals surface area contributed by atoms with Gasteiger partial charge in [-0.15, -0.1) is 0 Å². The van der Waals surface area contributed by atoms with Gasteiger partial charge in [-0.05, 0) is 5.04 Å². The molecule has 0 aromatic heterocycles. The fourth-order valence-electron chi connectivity index (χ4n) is 3.00. The summed E-state index contributed by atoms with van der Waals surface area (Å²) in [6.07, 6.45) is 2.73. The molecule has 0 spiro atoms. The maximum absolute atomic E-state index is 2.48. The Morgan fingerprint density at radius 3 is 1.62 bits per heavy atom. The minimum atomic E-state index is -0.217. The lowest BCUT2D eigenvalue weighted by Gasteiger charge is -2.38. The van der Waals surface area contributed by atoms with Gasteiger partial charge < -0.3 is 0 Å². The van der Waals surface area contributed by atoms with Gasteiger partial charge in [0, 0.05) is 0 Å². The van der Waals surface area contributed by atoms with E-state index >= 15 is 0 Å². The first-order valence-electron chi connectivity index (χ1n) is 5.70. The van der Waals surface area contributed by atoms with Gasteiger partial charge in [-0.25, -0.2) is 0 Å². The predicted molar refractivity (Wildman–Crippen MR) is 64.9 cm³/mol. The lowest BCUT2D eigenvalue weighted by Crippen LogP contribution is -2.33. The Hall–Kier alpha value is 0.217. The summed E-state index contributed by atoms with van der Waals surface area (Å²) in [4.78, 5) is 0. The van der Waals surface area contributed by atoms with Crippen LogP contribution in [-0.4, -0.2) is 8.80 Å². The van der Waals surface area contributed by atoms with E-state index < -0.39 is 0 Å². The average Bonchev–Trinajstić information content (AvgIpc) is 1.82. The predicted octanol–water partition coefficient (Wildman–Crippen LogP) is 4.88. The lowest BCUT2D eigenvalue weighted by atomic mass is 10.1. The summed E-state index contributed by atoms with van der Waals surface area (Å²) in [5.41, 5.74) is 1.82. The van der Waals surface area contributed by atoms with E-state index in [2.05, 4.69) is 48.5 Å². The van der Waals surface area contributed by atoms with Gasteiger partial charge in [0.15, 0.2) is 0 Å². The molecule has 79 valence electrons. The van der Waals surface area contributed by atoms with Gasteiger partial charge in [0.25, 0.3) is 0 Å². The van der Waals surface area contributed by atoms with E-state index in [1.807, 2.05) is 0 Å². The van der Waals surface area contributed by atoms with Crippen LogP contribution in [0.5, 0.6) is 0 Å². The maximum Gasteiger partial charge on any atom is 0.0595 e. The zero-order chi connectivity index (χ0) is 10.6. The molecule has 0 aliphatic carbocycles. The van der Waals surface area contributed by atoms with E-state index in [1.165, 1.54) is 12.8 Å². The first-order chi connectivity index (χ1) is 5.83. The van der Waals surface area contributed by atoms with Gasteiger partial charge in [-0.1, -0.05) is 72.4 Å². The summed E-state index contributed by atoms with van der Waals surface area (Å²) < 4.78 is 0. The fraction of sp³-hybridized carbons (Fsp3) is 1.00. The first kappa shape index (κ1) is 13.2. The van der Waals surface area contributed by atoms with Crippen molar-refractivity contribution in [3.63, 3.8) is 0 Å². The Morgan fingerprint density at radius 2 is 1.38 bits per heavy atom. The minimum Gasteiger partial charge on any atom is -0.0654 e. The summed E-state index contributed by atoms with van der Waals surface area (Å²) in [5, 5.41) is 0.613. The summed E-state index contributed by atoms with van der Waals surface area (Å²) in [6, 6.07) is 0. The lowest BCUT2D eigenvalue weighted by molar-refractivity contribution is 0.563. The zero-order valence-corrected chi connectivity index (χ0v) is 11.6. The molecule has 0 amide bonds. The van der Waals surface area contributed by atoms with E-state index in [0.29, 0.717) is 5.04 Å². The first-order valence-corrected chi connectivity index (χ1v) is 7.35. The van der Waals surface area contributed by atoms with Crippen molar-refractivity contribution in [3.05, 3.63) is 0 Å². The molecular weight excluding hydrogens is 172 g/mol. The SMILES string of the molecule is CCCC(C)(C)[Si](C(C)C)C(C)C. The number of hydrogen-bond donors (Lipinski definition) is 0. The molecule has 0 fully saturated rings. The van der Waals surface area contributed by atoms with E-state index in [-0.39, 0.29) is 8.80 Å². The highest BCUT2D eigenvalue weighted by molar-refractivity contribution is 6.64. The highest BCUT2D eigenvalue weighted by Gasteiger charge is 2.34. The highest BCUT2D eigenvalue weighted by atomic mass is 28.3. The van der Waals surface area contributed by atoms with Crippen molar-refractivity contribution in [2.45, 2.75) is 77.4 Å². The molecule has 1 radical (unpaired) electrons. The molecule has 0 rings (SSSR count). The number of rotatable bonds is 5. The van der Waals surface area contributed by atoms with Crippen LogP contribution in [0, 0.1) is 0 Å². The van der Waals surface area contributed by atoms with Crippen molar-refractivity contribution >= 4 is 8.80 Å². The Kier molecular flexibility index (Phi) is 5.27. The third-order valence-electron chi connectivity index (χ3n) is 2.90. The molecule has 0 aliphatic rings. The molecule has 0 unspecified atom stereocenters. The van der Waals surface area contributed by atoms with Crippen molar-refractivity contribution in [1.82, 2.24) is 0 Å². The summed E-state index contributed by atoms with van der Waals surface area (Å²) in [7, 11) is -0.217. The van der Waals surface area contributed by atoms with Crippen LogP contribution in [0.3, 0.4) is 0 Å². The zero-order valence-electron chi connectivity index (χ0n) is 10.6. The molecule has 1 heteroatoms. The van der Waals surface area contributed by atoms with Crippen LogP contribution in [0.1, 0.15) is 61.3 Å². The molecule has 0 bridgehead atoms. The quantitative estimate of drug-likeness (QED) is 0.554.